The van der Waals surface area contributed by atoms with Gasteiger partial charge in [0, 0.05) is 6.04 Å². The SMILES string of the molecule is CCC(C)C(NC(=O)OC(C)(C)C)C(=O)N(C(C)C)C(C(=O)Nc1c(C)cccc1Cl)c1ccccc1. The molecule has 2 N–H and O–H groups in total. The van der Waals surface area contributed by atoms with Gasteiger partial charge < -0.3 is 20.3 Å². The van der Waals surface area contributed by atoms with Crippen LogP contribution < -0.4 is 10.6 Å². The number of benzene rings is 2. The number of anilines is 1. The summed E-state index contributed by atoms with van der Waals surface area (Å²) in [6.07, 6.45) is -0.0404. The topological polar surface area (TPSA) is 87.7 Å². The minimum atomic E-state index is -0.962. The zero-order chi connectivity index (χ0) is 27.9. The molecule has 0 radical (unpaired) electrons. The van der Waals surface area contributed by atoms with Gasteiger partial charge in [0.1, 0.15) is 17.7 Å². The van der Waals surface area contributed by atoms with Gasteiger partial charge in [-0.05, 0) is 64.7 Å². The highest BCUT2D eigenvalue weighted by atomic mass is 35.5. The minimum absolute atomic E-state index is 0.202. The number of rotatable bonds is 9. The van der Waals surface area contributed by atoms with Gasteiger partial charge in [0.2, 0.25) is 5.91 Å². The molecule has 0 aliphatic heterocycles. The first kappa shape index (κ1) is 30.2. The van der Waals surface area contributed by atoms with Crippen LogP contribution in [0.5, 0.6) is 0 Å². The lowest BCUT2D eigenvalue weighted by molar-refractivity contribution is -0.144. The van der Waals surface area contributed by atoms with Crippen molar-refractivity contribution in [1.29, 1.82) is 0 Å². The van der Waals surface area contributed by atoms with Crippen LogP contribution in [0.4, 0.5) is 10.5 Å². The Morgan fingerprint density at radius 3 is 2.14 bits per heavy atom. The van der Waals surface area contributed by atoms with E-state index in [1.54, 1.807) is 26.8 Å². The zero-order valence-electron chi connectivity index (χ0n) is 23.1. The first-order chi connectivity index (χ1) is 17.3. The predicted octanol–water partition coefficient (Wildman–Crippen LogP) is 6.50. The molecule has 0 saturated heterocycles. The number of para-hydroxylation sites is 1. The van der Waals surface area contributed by atoms with Crippen molar-refractivity contribution in [3.8, 4) is 0 Å². The quantitative estimate of drug-likeness (QED) is 0.388. The maximum atomic E-state index is 14.1. The van der Waals surface area contributed by atoms with E-state index in [2.05, 4.69) is 10.6 Å². The number of nitrogens with one attached hydrogen (secondary N) is 2. The van der Waals surface area contributed by atoms with Crippen molar-refractivity contribution in [2.45, 2.75) is 85.5 Å². The lowest BCUT2D eigenvalue weighted by Gasteiger charge is -2.38. The van der Waals surface area contributed by atoms with Gasteiger partial charge >= 0.3 is 6.09 Å². The molecule has 2 aromatic carbocycles. The largest absolute Gasteiger partial charge is 0.444 e. The Morgan fingerprint density at radius 1 is 1.00 bits per heavy atom. The Morgan fingerprint density at radius 2 is 1.62 bits per heavy atom. The second kappa shape index (κ2) is 13.0. The summed E-state index contributed by atoms with van der Waals surface area (Å²) in [5.74, 6) is -0.966. The molecule has 0 aliphatic rings. The number of hydrogen-bond acceptors (Lipinski definition) is 4. The predicted molar refractivity (Wildman–Crippen MR) is 149 cm³/mol. The van der Waals surface area contributed by atoms with Crippen LogP contribution in [0.25, 0.3) is 0 Å². The number of halogens is 1. The molecule has 8 heteroatoms. The molecule has 2 aromatic rings. The van der Waals surface area contributed by atoms with Gasteiger partial charge in [0.25, 0.3) is 5.91 Å². The molecular weight excluding hydrogens is 490 g/mol. The fraction of sp³-hybridized carbons (Fsp3) is 0.483. The molecule has 37 heavy (non-hydrogen) atoms. The highest BCUT2D eigenvalue weighted by Gasteiger charge is 2.39. The van der Waals surface area contributed by atoms with Crippen LogP contribution in [0.15, 0.2) is 48.5 Å². The van der Waals surface area contributed by atoms with Crippen molar-refractivity contribution in [3.63, 3.8) is 0 Å². The Labute approximate surface area is 225 Å². The summed E-state index contributed by atoms with van der Waals surface area (Å²) in [7, 11) is 0. The van der Waals surface area contributed by atoms with Crippen LogP contribution >= 0.6 is 11.6 Å². The van der Waals surface area contributed by atoms with Gasteiger partial charge in [-0.3, -0.25) is 9.59 Å². The molecule has 0 spiro atoms. The van der Waals surface area contributed by atoms with Crippen LogP contribution in [-0.4, -0.2) is 40.5 Å². The molecule has 0 aromatic heterocycles. The van der Waals surface area contributed by atoms with Gasteiger partial charge in [0.15, 0.2) is 0 Å². The van der Waals surface area contributed by atoms with Crippen LogP contribution in [0.1, 0.15) is 72.1 Å². The van der Waals surface area contributed by atoms with E-state index in [0.29, 0.717) is 22.7 Å². The number of nitrogens with zero attached hydrogens (tertiary/aromatic N) is 1. The summed E-state index contributed by atoms with van der Waals surface area (Å²) in [6.45, 7) is 14.7. The number of alkyl carbamates (subject to hydrolysis) is 1. The lowest BCUT2D eigenvalue weighted by Crippen LogP contribution is -2.56. The smallest absolute Gasteiger partial charge is 0.408 e. The Balaban J connectivity index is 2.53. The normalized spacial score (nSPS) is 13.9. The number of carbonyl (C=O) groups is 3. The maximum Gasteiger partial charge on any atom is 0.408 e. The number of carbonyl (C=O) groups excluding carboxylic acids is 3. The van der Waals surface area contributed by atoms with E-state index in [0.717, 1.165) is 5.56 Å². The minimum Gasteiger partial charge on any atom is -0.444 e. The third-order valence-corrected chi connectivity index (χ3v) is 6.39. The van der Waals surface area contributed by atoms with E-state index in [-0.39, 0.29) is 17.9 Å². The Bertz CT molecular complexity index is 1060. The third kappa shape index (κ3) is 8.22. The molecule has 202 valence electrons. The lowest BCUT2D eigenvalue weighted by atomic mass is 9.95. The van der Waals surface area contributed by atoms with Gasteiger partial charge in [0.05, 0.1) is 10.7 Å². The molecule has 7 nitrogen and oxygen atoms in total. The van der Waals surface area contributed by atoms with Crippen LogP contribution in [0, 0.1) is 12.8 Å². The second-order valence-electron chi connectivity index (χ2n) is 10.6. The van der Waals surface area contributed by atoms with Crippen molar-refractivity contribution >= 4 is 35.2 Å². The maximum absolute atomic E-state index is 14.1. The molecule has 0 saturated carbocycles. The average molecular weight is 530 g/mol. The van der Waals surface area contributed by atoms with Gasteiger partial charge in [-0.15, -0.1) is 0 Å². The van der Waals surface area contributed by atoms with Crippen LogP contribution in [0.2, 0.25) is 5.02 Å². The number of hydrogen-bond donors (Lipinski definition) is 2. The molecule has 0 heterocycles. The van der Waals surface area contributed by atoms with Crippen molar-refractivity contribution in [2.24, 2.45) is 5.92 Å². The monoisotopic (exact) mass is 529 g/mol. The molecule has 2 rings (SSSR count). The van der Waals surface area contributed by atoms with E-state index in [4.69, 9.17) is 16.3 Å². The molecule has 0 aliphatic carbocycles. The average Bonchev–Trinajstić information content (AvgIpc) is 2.81. The van der Waals surface area contributed by atoms with E-state index in [1.807, 2.05) is 77.1 Å². The van der Waals surface area contributed by atoms with Crippen molar-refractivity contribution in [2.75, 3.05) is 5.32 Å². The fourth-order valence-electron chi connectivity index (χ4n) is 4.01. The Hall–Kier alpha value is -3.06. The molecule has 0 bridgehead atoms. The summed E-state index contributed by atoms with van der Waals surface area (Å²) in [4.78, 5) is 42.2. The van der Waals surface area contributed by atoms with Crippen molar-refractivity contribution in [1.82, 2.24) is 10.2 Å². The first-order valence-electron chi connectivity index (χ1n) is 12.7. The van der Waals surface area contributed by atoms with Gasteiger partial charge in [-0.2, -0.15) is 0 Å². The number of amides is 3. The second-order valence-corrected chi connectivity index (χ2v) is 11.0. The fourth-order valence-corrected chi connectivity index (χ4v) is 4.28. The summed E-state index contributed by atoms with van der Waals surface area (Å²) in [5.41, 5.74) is 1.23. The first-order valence-corrected chi connectivity index (χ1v) is 13.1. The number of ether oxygens (including phenoxy) is 1. The van der Waals surface area contributed by atoms with E-state index in [1.165, 1.54) is 4.90 Å². The van der Waals surface area contributed by atoms with Gasteiger partial charge in [-0.25, -0.2) is 4.79 Å². The highest BCUT2D eigenvalue weighted by Crippen LogP contribution is 2.31. The standard InChI is InChI=1S/C29H40ClN3O4/c1-9-19(4)24(32-28(36)37-29(6,7)8)27(35)33(18(2)3)25(21-15-11-10-12-16-21)26(34)31-23-20(5)14-13-17-22(23)30/h10-19,24-25H,9H2,1-8H3,(H,31,34)(H,32,36). The molecule has 0 fully saturated rings. The third-order valence-electron chi connectivity index (χ3n) is 6.07. The van der Waals surface area contributed by atoms with Crippen LogP contribution in [0.3, 0.4) is 0 Å². The van der Waals surface area contributed by atoms with Crippen molar-refractivity contribution < 1.29 is 19.1 Å². The van der Waals surface area contributed by atoms with E-state index >= 15 is 0 Å². The molecular formula is C29H40ClN3O4. The molecule has 3 atom stereocenters. The van der Waals surface area contributed by atoms with Gasteiger partial charge in [-0.1, -0.05) is 74.3 Å². The van der Waals surface area contributed by atoms with Crippen LogP contribution in [-0.2, 0) is 14.3 Å². The Kier molecular flexibility index (Phi) is 10.6. The van der Waals surface area contributed by atoms with Crippen molar-refractivity contribution in [3.05, 3.63) is 64.7 Å². The van der Waals surface area contributed by atoms with E-state index in [9.17, 15) is 14.4 Å². The molecule has 3 unspecified atom stereocenters. The summed E-state index contributed by atoms with van der Waals surface area (Å²) in [6, 6.07) is 12.3. The zero-order valence-corrected chi connectivity index (χ0v) is 23.8. The summed E-state index contributed by atoms with van der Waals surface area (Å²) >= 11 is 6.39. The number of aryl methyl sites for hydroxylation is 1. The summed E-state index contributed by atoms with van der Waals surface area (Å²) < 4.78 is 5.44. The van der Waals surface area contributed by atoms with E-state index < -0.39 is 29.7 Å². The molecule has 3 amide bonds. The highest BCUT2D eigenvalue weighted by molar-refractivity contribution is 6.34. The summed E-state index contributed by atoms with van der Waals surface area (Å²) in [5, 5.41) is 6.12.